The molecule has 1 fully saturated rings. The highest BCUT2D eigenvalue weighted by Crippen LogP contribution is 2.28. The fourth-order valence-corrected chi connectivity index (χ4v) is 3.00. The first kappa shape index (κ1) is 16.2. The quantitative estimate of drug-likeness (QED) is 0.918. The third-order valence-corrected chi connectivity index (χ3v) is 3.94. The standard InChI is InChI=1S/C11H14F2N6S.ClH/c12-11(13)19-16-10(15-17-19)9(8-1-6-20-7-8)18-4-2-14-3-5-18;/h1,6-7,9,11,14H,2-5H2;1H. The molecule has 2 aromatic rings. The number of halogens is 3. The summed E-state index contributed by atoms with van der Waals surface area (Å²) in [6, 6.07) is 1.76. The van der Waals surface area contributed by atoms with Gasteiger partial charge in [-0.1, -0.05) is 4.80 Å². The lowest BCUT2D eigenvalue weighted by atomic mass is 10.1. The third-order valence-electron chi connectivity index (χ3n) is 3.24. The van der Waals surface area contributed by atoms with Crippen molar-refractivity contribution in [3.63, 3.8) is 0 Å². The zero-order chi connectivity index (χ0) is 13.9. The zero-order valence-corrected chi connectivity index (χ0v) is 12.7. The topological polar surface area (TPSA) is 58.9 Å². The van der Waals surface area contributed by atoms with Crippen LogP contribution in [-0.4, -0.2) is 51.3 Å². The van der Waals surface area contributed by atoms with Gasteiger partial charge in [0, 0.05) is 26.2 Å². The molecule has 0 spiro atoms. The van der Waals surface area contributed by atoms with E-state index in [2.05, 4.69) is 25.6 Å². The van der Waals surface area contributed by atoms with Crippen molar-refractivity contribution in [1.82, 2.24) is 30.4 Å². The van der Waals surface area contributed by atoms with E-state index < -0.39 is 6.55 Å². The van der Waals surface area contributed by atoms with Crippen LogP contribution in [0.3, 0.4) is 0 Å². The van der Waals surface area contributed by atoms with Crippen LogP contribution < -0.4 is 5.32 Å². The minimum absolute atomic E-state index is 0. The van der Waals surface area contributed by atoms with E-state index in [1.807, 2.05) is 16.8 Å². The summed E-state index contributed by atoms with van der Waals surface area (Å²) in [6.07, 6.45) is 0. The maximum atomic E-state index is 12.6. The number of rotatable bonds is 4. The lowest BCUT2D eigenvalue weighted by Crippen LogP contribution is -2.45. The number of nitrogens with one attached hydrogen (secondary N) is 1. The number of hydrogen-bond donors (Lipinski definition) is 1. The summed E-state index contributed by atoms with van der Waals surface area (Å²) in [5.41, 5.74) is 1.02. The second-order valence-corrected chi connectivity index (χ2v) is 5.27. The van der Waals surface area contributed by atoms with Crippen molar-refractivity contribution in [3.05, 3.63) is 28.2 Å². The van der Waals surface area contributed by atoms with Gasteiger partial charge in [-0.05, 0) is 27.6 Å². The molecule has 3 heterocycles. The molecule has 10 heteroatoms. The van der Waals surface area contributed by atoms with Crippen molar-refractivity contribution in [2.24, 2.45) is 0 Å². The Kier molecular flexibility index (Phi) is 5.57. The highest BCUT2D eigenvalue weighted by molar-refractivity contribution is 7.08. The molecule has 0 aromatic carbocycles. The highest BCUT2D eigenvalue weighted by Gasteiger charge is 2.28. The second kappa shape index (κ2) is 7.21. The molecule has 0 bridgehead atoms. The van der Waals surface area contributed by atoms with Crippen molar-refractivity contribution in [3.8, 4) is 0 Å². The van der Waals surface area contributed by atoms with Crippen LogP contribution in [0.5, 0.6) is 0 Å². The Morgan fingerprint density at radius 1 is 1.29 bits per heavy atom. The van der Waals surface area contributed by atoms with E-state index in [0.717, 1.165) is 31.7 Å². The summed E-state index contributed by atoms with van der Waals surface area (Å²) >= 11 is 1.57. The van der Waals surface area contributed by atoms with Crippen molar-refractivity contribution >= 4 is 23.7 Å². The lowest BCUT2D eigenvalue weighted by Gasteiger charge is -2.32. The molecule has 0 radical (unpaired) electrons. The first-order chi connectivity index (χ1) is 9.75. The van der Waals surface area contributed by atoms with Gasteiger partial charge in [0.2, 0.25) is 0 Å². The van der Waals surface area contributed by atoms with Crippen molar-refractivity contribution < 1.29 is 8.78 Å². The van der Waals surface area contributed by atoms with Crippen LogP contribution >= 0.6 is 23.7 Å². The number of alkyl halides is 2. The van der Waals surface area contributed by atoms with Crippen molar-refractivity contribution in [1.29, 1.82) is 0 Å². The number of piperazine rings is 1. The molecular weight excluding hydrogens is 322 g/mol. The van der Waals surface area contributed by atoms with Crippen LogP contribution in [0.2, 0.25) is 0 Å². The third kappa shape index (κ3) is 3.54. The fourth-order valence-electron chi connectivity index (χ4n) is 2.32. The molecule has 1 atom stereocenters. The maximum Gasteiger partial charge on any atom is 0.350 e. The molecule has 1 aliphatic rings. The minimum atomic E-state index is -2.76. The van der Waals surface area contributed by atoms with E-state index in [4.69, 9.17) is 0 Å². The van der Waals surface area contributed by atoms with Gasteiger partial charge >= 0.3 is 6.55 Å². The Morgan fingerprint density at radius 3 is 2.62 bits per heavy atom. The molecule has 1 saturated heterocycles. The minimum Gasteiger partial charge on any atom is -0.314 e. The molecule has 2 aromatic heterocycles. The molecular formula is C11H15ClF2N6S. The summed E-state index contributed by atoms with van der Waals surface area (Å²) in [5.74, 6) is 0.325. The Labute approximate surface area is 130 Å². The molecule has 3 rings (SSSR count). The Morgan fingerprint density at radius 2 is 2.05 bits per heavy atom. The monoisotopic (exact) mass is 336 g/mol. The number of thiophene rings is 1. The van der Waals surface area contributed by atoms with Crippen LogP contribution in [0.15, 0.2) is 16.8 Å². The van der Waals surface area contributed by atoms with Crippen LogP contribution in [-0.2, 0) is 0 Å². The molecule has 0 aliphatic carbocycles. The predicted molar refractivity (Wildman–Crippen MR) is 76.9 cm³/mol. The Bertz CT molecular complexity index is 543. The smallest absolute Gasteiger partial charge is 0.314 e. The van der Waals surface area contributed by atoms with E-state index in [9.17, 15) is 8.78 Å². The second-order valence-electron chi connectivity index (χ2n) is 4.49. The number of hydrogen-bond acceptors (Lipinski definition) is 6. The average molecular weight is 337 g/mol. The van der Waals surface area contributed by atoms with E-state index in [-0.39, 0.29) is 18.4 Å². The Balaban J connectivity index is 0.00000161. The van der Waals surface area contributed by atoms with Gasteiger partial charge < -0.3 is 5.32 Å². The normalized spacial score (nSPS) is 17.7. The molecule has 116 valence electrons. The molecule has 1 unspecified atom stereocenters. The van der Waals surface area contributed by atoms with E-state index in [0.29, 0.717) is 10.6 Å². The van der Waals surface area contributed by atoms with E-state index in [1.54, 1.807) is 11.3 Å². The number of tetrazole rings is 1. The van der Waals surface area contributed by atoms with Crippen LogP contribution in [0.1, 0.15) is 24.0 Å². The van der Waals surface area contributed by atoms with Crippen molar-refractivity contribution in [2.75, 3.05) is 26.2 Å². The lowest BCUT2D eigenvalue weighted by molar-refractivity contribution is 0.0390. The summed E-state index contributed by atoms with van der Waals surface area (Å²) in [4.78, 5) is 2.54. The molecule has 6 nitrogen and oxygen atoms in total. The summed E-state index contributed by atoms with van der Waals surface area (Å²) in [5, 5.41) is 18.3. The first-order valence-electron chi connectivity index (χ1n) is 6.30. The molecule has 1 aliphatic heterocycles. The zero-order valence-electron chi connectivity index (χ0n) is 11.0. The summed E-state index contributed by atoms with van der Waals surface area (Å²) in [6.45, 7) is 0.614. The van der Waals surface area contributed by atoms with Crippen molar-refractivity contribution in [2.45, 2.75) is 12.6 Å². The Hall–Kier alpha value is -1.16. The molecule has 1 N–H and O–H groups in total. The van der Waals surface area contributed by atoms with Gasteiger partial charge in [-0.25, -0.2) is 0 Å². The first-order valence-corrected chi connectivity index (χ1v) is 7.24. The van der Waals surface area contributed by atoms with Gasteiger partial charge in [-0.15, -0.1) is 22.6 Å². The van der Waals surface area contributed by atoms with Crippen LogP contribution in [0.4, 0.5) is 8.78 Å². The molecule has 21 heavy (non-hydrogen) atoms. The van der Waals surface area contributed by atoms with Gasteiger partial charge in [-0.2, -0.15) is 20.1 Å². The van der Waals surface area contributed by atoms with Gasteiger partial charge in [-0.3, -0.25) is 4.90 Å². The largest absolute Gasteiger partial charge is 0.350 e. The molecule has 0 saturated carbocycles. The highest BCUT2D eigenvalue weighted by atomic mass is 35.5. The fraction of sp³-hybridized carbons (Fsp3) is 0.545. The summed E-state index contributed by atoms with van der Waals surface area (Å²) in [7, 11) is 0. The predicted octanol–water partition coefficient (Wildman–Crippen LogP) is 1.55. The van der Waals surface area contributed by atoms with E-state index in [1.165, 1.54) is 0 Å². The van der Waals surface area contributed by atoms with Gasteiger partial charge in [0.15, 0.2) is 5.82 Å². The number of aromatic nitrogens is 4. The van der Waals surface area contributed by atoms with Crippen LogP contribution in [0.25, 0.3) is 0 Å². The number of nitrogens with zero attached hydrogens (tertiary/aromatic N) is 5. The van der Waals surface area contributed by atoms with Gasteiger partial charge in [0.05, 0.1) is 0 Å². The van der Waals surface area contributed by atoms with Gasteiger partial charge in [0.1, 0.15) is 6.04 Å². The SMILES string of the molecule is Cl.FC(F)n1nnc(C(c2ccsc2)N2CCNCC2)n1. The molecule has 0 amide bonds. The van der Waals surface area contributed by atoms with Gasteiger partial charge in [0.25, 0.3) is 0 Å². The van der Waals surface area contributed by atoms with E-state index >= 15 is 0 Å². The average Bonchev–Trinajstić information content (AvgIpc) is 3.12. The summed E-state index contributed by atoms with van der Waals surface area (Å²) < 4.78 is 25.2. The maximum absolute atomic E-state index is 12.6. The van der Waals surface area contributed by atoms with Crippen LogP contribution in [0, 0.1) is 0 Å².